The molecule has 2 aromatic rings. The Hall–Kier alpha value is -2.19. The van der Waals surface area contributed by atoms with Crippen molar-refractivity contribution in [3.63, 3.8) is 0 Å². The fraction of sp³-hybridized carbons (Fsp3) is 0.531. The Kier molecular flexibility index (Phi) is 7.06. The molecule has 3 heterocycles. The number of ether oxygens (including phenoxy) is 2. The van der Waals surface area contributed by atoms with E-state index in [9.17, 15) is 9.90 Å². The molecule has 2 fully saturated rings. The van der Waals surface area contributed by atoms with Gasteiger partial charge in [0.1, 0.15) is 5.75 Å². The summed E-state index contributed by atoms with van der Waals surface area (Å²) in [6.07, 6.45) is 10.6. The number of nitrogens with one attached hydrogen (secondary N) is 1. The number of rotatable bonds is 0. The van der Waals surface area contributed by atoms with Crippen LogP contribution in [0.3, 0.4) is 0 Å². The number of amides is 1. The maximum atomic E-state index is 13.1. The molecule has 40 heavy (non-hydrogen) atoms. The fourth-order valence-corrected chi connectivity index (χ4v) is 8.37. The summed E-state index contributed by atoms with van der Waals surface area (Å²) in [5.41, 5.74) is 3.29. The van der Waals surface area contributed by atoms with Crippen molar-refractivity contribution >= 4 is 35.1 Å². The molecule has 0 aromatic heterocycles. The highest BCUT2D eigenvalue weighted by molar-refractivity contribution is 7.98. The molecule has 1 spiro atoms. The topological polar surface area (TPSA) is 71.0 Å². The van der Waals surface area contributed by atoms with Gasteiger partial charge in [0, 0.05) is 47.7 Å². The quantitative estimate of drug-likeness (QED) is 0.308. The van der Waals surface area contributed by atoms with Gasteiger partial charge >= 0.3 is 0 Å². The molecule has 2 N–H and O–H groups in total. The van der Waals surface area contributed by atoms with Gasteiger partial charge in [0.15, 0.2) is 0 Å². The number of anilines is 1. The van der Waals surface area contributed by atoms with E-state index in [4.69, 9.17) is 21.1 Å². The lowest BCUT2D eigenvalue weighted by atomic mass is 9.66. The summed E-state index contributed by atoms with van der Waals surface area (Å²) in [5.74, 6) is 2.18. The van der Waals surface area contributed by atoms with Gasteiger partial charge in [-0.15, -0.1) is 0 Å². The van der Waals surface area contributed by atoms with Crippen molar-refractivity contribution in [2.75, 3.05) is 37.0 Å². The first kappa shape index (κ1) is 26.7. The molecule has 1 amide bonds. The summed E-state index contributed by atoms with van der Waals surface area (Å²) in [5, 5.41) is 12.1. The molecule has 2 aliphatic carbocycles. The zero-order valence-electron chi connectivity index (χ0n) is 22.7. The molecule has 2 aromatic carbocycles. The van der Waals surface area contributed by atoms with Crippen molar-refractivity contribution < 1.29 is 19.4 Å². The first-order valence-corrected chi connectivity index (χ1v) is 16.0. The van der Waals surface area contributed by atoms with Crippen molar-refractivity contribution in [2.45, 2.75) is 62.1 Å². The average Bonchev–Trinajstić information content (AvgIpc) is 3.07. The number of fused-ring (bicyclic) bond motifs is 7. The Bertz CT molecular complexity index is 1340. The van der Waals surface area contributed by atoms with Gasteiger partial charge in [-0.25, -0.2) is 0 Å². The number of benzene rings is 2. The van der Waals surface area contributed by atoms with E-state index in [1.807, 2.05) is 36.4 Å². The number of aryl methyl sites for hydroxylation is 1. The highest BCUT2D eigenvalue weighted by Gasteiger charge is 2.46. The van der Waals surface area contributed by atoms with Crippen molar-refractivity contribution in [3.8, 4) is 5.75 Å². The molecular weight excluding hydrogens is 544 g/mol. The lowest BCUT2D eigenvalue weighted by Gasteiger charge is -2.48. The molecule has 212 valence electrons. The van der Waals surface area contributed by atoms with Crippen LogP contribution in [-0.2, 0) is 16.6 Å². The molecule has 5 aliphatic rings. The van der Waals surface area contributed by atoms with Crippen LogP contribution >= 0.6 is 23.5 Å². The van der Waals surface area contributed by atoms with Crippen LogP contribution in [0.15, 0.2) is 48.6 Å². The van der Waals surface area contributed by atoms with Crippen molar-refractivity contribution in [2.24, 2.45) is 11.8 Å². The zero-order chi connectivity index (χ0) is 27.3. The second-order valence-electron chi connectivity index (χ2n) is 12.4. The third-order valence-electron chi connectivity index (χ3n) is 9.90. The third kappa shape index (κ3) is 4.93. The number of halogens is 1. The van der Waals surface area contributed by atoms with Crippen LogP contribution in [0.25, 0.3) is 0 Å². The van der Waals surface area contributed by atoms with E-state index in [-0.39, 0.29) is 17.4 Å². The lowest BCUT2D eigenvalue weighted by Crippen LogP contribution is -2.52. The third-order valence-corrected chi connectivity index (χ3v) is 10.8. The number of hydrogen-bond donors (Lipinski definition) is 2. The van der Waals surface area contributed by atoms with Crippen molar-refractivity contribution in [1.29, 1.82) is 0 Å². The number of aliphatic hydroxyl groups is 1. The van der Waals surface area contributed by atoms with E-state index in [0.29, 0.717) is 49.2 Å². The second-order valence-corrected chi connectivity index (χ2v) is 13.7. The molecule has 0 radical (unpaired) electrons. The molecule has 1 saturated heterocycles. The first-order valence-electron chi connectivity index (χ1n) is 14.7. The average molecular weight is 581 g/mol. The van der Waals surface area contributed by atoms with Gasteiger partial charge in [0.2, 0.25) is 0 Å². The SMILES string of the molecule is O=C1NSC/C=C\[C@@]2(O)CCO[C@@H](C2)[C@@H]2CC[C@H]2CN2C[C@@]3(CCCc4cc(Cl)ccc43)COc3ccc1cc32. The molecule has 5 atom stereocenters. The lowest BCUT2D eigenvalue weighted by molar-refractivity contribution is -0.125. The van der Waals surface area contributed by atoms with Crippen LogP contribution in [0, 0.1) is 11.8 Å². The van der Waals surface area contributed by atoms with Crippen LogP contribution in [0.1, 0.15) is 60.0 Å². The van der Waals surface area contributed by atoms with Crippen LogP contribution in [-0.4, -0.2) is 54.8 Å². The van der Waals surface area contributed by atoms with Crippen molar-refractivity contribution in [1.82, 2.24) is 4.72 Å². The van der Waals surface area contributed by atoms with Gasteiger partial charge < -0.3 is 19.5 Å². The number of carbonyl (C=O) groups is 1. The van der Waals surface area contributed by atoms with Gasteiger partial charge in [-0.3, -0.25) is 9.52 Å². The minimum absolute atomic E-state index is 0.0583. The predicted molar refractivity (Wildman–Crippen MR) is 159 cm³/mol. The molecule has 0 unspecified atom stereocenters. The summed E-state index contributed by atoms with van der Waals surface area (Å²) >= 11 is 7.76. The fourth-order valence-electron chi connectivity index (χ4n) is 7.65. The van der Waals surface area contributed by atoms with Crippen LogP contribution < -0.4 is 14.4 Å². The molecule has 4 bridgehead atoms. The van der Waals surface area contributed by atoms with Crippen LogP contribution in [0.5, 0.6) is 5.75 Å². The monoisotopic (exact) mass is 580 g/mol. The van der Waals surface area contributed by atoms with Crippen molar-refractivity contribution in [3.05, 3.63) is 70.3 Å². The van der Waals surface area contributed by atoms with Crippen LogP contribution in [0.2, 0.25) is 5.02 Å². The standard InChI is InChI=1S/C32H37ClN2O4S/c33-24-6-8-26-21(15-24)3-1-10-31(26)19-35-18-23-4-7-25(23)29-17-32(37,12-13-38-29)11-2-14-40-34-30(36)22-5-9-28(39-20-31)27(35)16-22/h2,5-6,8-9,11,15-16,23,25,29,37H,1,3-4,7,10,12-14,17-20H2,(H,34,36)/b11-2-/t23-,25+,29-,31-,32+/m0/s1. The van der Waals surface area contributed by atoms with E-state index in [0.717, 1.165) is 61.7 Å². The highest BCUT2D eigenvalue weighted by Crippen LogP contribution is 2.48. The van der Waals surface area contributed by atoms with Gasteiger partial charge in [-0.1, -0.05) is 29.8 Å². The summed E-state index contributed by atoms with van der Waals surface area (Å²) < 4.78 is 15.9. The summed E-state index contributed by atoms with van der Waals surface area (Å²) in [6.45, 7) is 2.88. The smallest absolute Gasteiger partial charge is 0.261 e. The van der Waals surface area contributed by atoms with Crippen LogP contribution in [0.4, 0.5) is 5.69 Å². The minimum Gasteiger partial charge on any atom is -0.490 e. The Morgan fingerprint density at radius 2 is 2.08 bits per heavy atom. The van der Waals surface area contributed by atoms with E-state index in [1.165, 1.54) is 23.1 Å². The maximum absolute atomic E-state index is 13.1. The second kappa shape index (κ2) is 10.6. The molecule has 8 heteroatoms. The number of nitrogens with zero attached hydrogens (tertiary/aromatic N) is 1. The van der Waals surface area contributed by atoms with Gasteiger partial charge in [0.25, 0.3) is 5.91 Å². The van der Waals surface area contributed by atoms with E-state index >= 15 is 0 Å². The summed E-state index contributed by atoms with van der Waals surface area (Å²) in [7, 11) is 0. The first-order chi connectivity index (χ1) is 19.4. The largest absolute Gasteiger partial charge is 0.490 e. The molecular formula is C32H37ClN2O4S. The normalized spacial score (nSPS) is 34.4. The van der Waals surface area contributed by atoms with E-state index < -0.39 is 5.60 Å². The van der Waals surface area contributed by atoms with E-state index in [2.05, 4.69) is 21.8 Å². The molecule has 1 saturated carbocycles. The maximum Gasteiger partial charge on any atom is 0.261 e. The molecule has 6 nitrogen and oxygen atoms in total. The summed E-state index contributed by atoms with van der Waals surface area (Å²) in [4.78, 5) is 15.6. The van der Waals surface area contributed by atoms with Gasteiger partial charge in [-0.2, -0.15) is 0 Å². The Balaban J connectivity index is 1.27. The number of carbonyl (C=O) groups excluding carboxylic acids is 1. The Morgan fingerprint density at radius 3 is 2.95 bits per heavy atom. The predicted octanol–water partition coefficient (Wildman–Crippen LogP) is 5.70. The Morgan fingerprint density at radius 1 is 1.15 bits per heavy atom. The zero-order valence-corrected chi connectivity index (χ0v) is 24.3. The number of hydrogen-bond acceptors (Lipinski definition) is 6. The minimum atomic E-state index is -0.851. The summed E-state index contributed by atoms with van der Waals surface area (Å²) in [6, 6.07) is 12.2. The van der Waals surface area contributed by atoms with Gasteiger partial charge in [0.05, 0.1) is 30.6 Å². The Labute approximate surface area is 245 Å². The van der Waals surface area contributed by atoms with Gasteiger partial charge in [-0.05, 0) is 97.3 Å². The van der Waals surface area contributed by atoms with E-state index in [1.54, 1.807) is 0 Å². The highest BCUT2D eigenvalue weighted by atomic mass is 35.5. The molecule has 3 aliphatic heterocycles. The molecule has 7 rings (SSSR count).